The van der Waals surface area contributed by atoms with E-state index in [1.165, 1.54) is 16.8 Å². The highest BCUT2D eigenvalue weighted by Gasteiger charge is 2.36. The maximum absolute atomic E-state index is 13.1. The number of benzene rings is 1. The number of ether oxygens (including phenoxy) is 1. The van der Waals surface area contributed by atoms with Crippen LogP contribution in [0.2, 0.25) is 0 Å². The van der Waals surface area contributed by atoms with E-state index in [1.54, 1.807) is 4.90 Å². The number of morpholine rings is 1. The average molecular weight is 447 g/mol. The molecule has 174 valence electrons. The minimum atomic E-state index is -1.05. The molecular weight excluding hydrogens is 416 g/mol. The molecule has 10 heteroatoms. The second-order valence-corrected chi connectivity index (χ2v) is 8.09. The van der Waals surface area contributed by atoms with Gasteiger partial charge in [-0.3, -0.25) is 4.79 Å². The molecule has 0 spiro atoms. The summed E-state index contributed by atoms with van der Waals surface area (Å²) in [5.74, 6) is -1.37. The molecule has 10 nitrogen and oxygen atoms in total. The Hall–Kier alpha value is -3.14. The molecule has 2 heterocycles. The van der Waals surface area contributed by atoms with Gasteiger partial charge in [0.25, 0.3) is 0 Å². The molecule has 1 aromatic rings. The number of carboxylic acid groups (broad SMARTS) is 1. The molecule has 2 saturated heterocycles. The highest BCUT2D eigenvalue weighted by molar-refractivity contribution is 5.93. The number of rotatable bonds is 7. The highest BCUT2D eigenvalue weighted by atomic mass is 16.5. The molecule has 2 fully saturated rings. The summed E-state index contributed by atoms with van der Waals surface area (Å²) < 4.78 is 5.27. The van der Waals surface area contributed by atoms with E-state index in [9.17, 15) is 24.3 Å². The molecular formula is C22H30N4O6. The summed E-state index contributed by atoms with van der Waals surface area (Å²) in [6.45, 7) is 1.90. The Balaban J connectivity index is 1.67. The molecule has 0 saturated carbocycles. The van der Waals surface area contributed by atoms with E-state index in [4.69, 9.17) is 4.74 Å². The summed E-state index contributed by atoms with van der Waals surface area (Å²) in [6, 6.07) is 6.79. The van der Waals surface area contributed by atoms with Crippen molar-refractivity contribution >= 4 is 23.8 Å². The number of hydrogen-bond acceptors (Lipinski definition) is 5. The third-order valence-corrected chi connectivity index (χ3v) is 5.77. The van der Waals surface area contributed by atoms with Crippen LogP contribution < -0.4 is 5.32 Å². The first-order chi connectivity index (χ1) is 15.4. The number of carbonyl (C=O) groups is 4. The number of likely N-dealkylation sites (N-methyl/N-ethyl adjacent to an activating group) is 1. The van der Waals surface area contributed by atoms with Crippen molar-refractivity contribution in [2.45, 2.75) is 31.3 Å². The fourth-order valence-electron chi connectivity index (χ4n) is 3.99. The van der Waals surface area contributed by atoms with Crippen LogP contribution in [0.3, 0.4) is 0 Å². The molecule has 2 atom stereocenters. The van der Waals surface area contributed by atoms with E-state index in [2.05, 4.69) is 5.32 Å². The minimum absolute atomic E-state index is 0.234. The van der Waals surface area contributed by atoms with Gasteiger partial charge in [0.05, 0.1) is 25.8 Å². The van der Waals surface area contributed by atoms with Crippen LogP contribution >= 0.6 is 0 Å². The molecule has 0 radical (unpaired) electrons. The van der Waals surface area contributed by atoms with E-state index < -0.39 is 24.1 Å². The van der Waals surface area contributed by atoms with Crippen molar-refractivity contribution in [2.24, 2.45) is 0 Å². The minimum Gasteiger partial charge on any atom is -0.480 e. The molecule has 0 unspecified atom stereocenters. The third-order valence-electron chi connectivity index (χ3n) is 5.77. The Morgan fingerprint density at radius 3 is 2.50 bits per heavy atom. The number of amides is 4. The zero-order chi connectivity index (χ0) is 23.1. The van der Waals surface area contributed by atoms with Gasteiger partial charge in [0.1, 0.15) is 6.04 Å². The number of nitrogens with zero attached hydrogens (tertiary/aromatic N) is 3. The molecule has 2 aliphatic rings. The van der Waals surface area contributed by atoms with Crippen molar-refractivity contribution in [1.82, 2.24) is 20.0 Å². The lowest BCUT2D eigenvalue weighted by Crippen LogP contribution is -2.54. The fraction of sp³-hybridized carbons (Fsp3) is 0.545. The van der Waals surface area contributed by atoms with E-state index in [1.807, 2.05) is 30.3 Å². The molecule has 0 bridgehead atoms. The van der Waals surface area contributed by atoms with Gasteiger partial charge in [-0.25, -0.2) is 14.4 Å². The first kappa shape index (κ1) is 23.5. The van der Waals surface area contributed by atoms with Crippen LogP contribution in [0.1, 0.15) is 18.4 Å². The van der Waals surface area contributed by atoms with Gasteiger partial charge in [-0.05, 0) is 24.8 Å². The van der Waals surface area contributed by atoms with Crippen molar-refractivity contribution in [3.8, 4) is 0 Å². The standard InChI is InChI=1S/C22H30N4O6/c1-24(22(31)26-9-5-8-18(26)20(28)29)15-19(27)17(14-16-6-3-2-4-7-16)23-21(30)25-10-12-32-13-11-25/h2-4,6-7,17-18H,5,8-15H2,1H3,(H,23,30)(H,28,29)/t17-,18-/m0/s1. The van der Waals surface area contributed by atoms with Crippen molar-refractivity contribution in [3.63, 3.8) is 0 Å². The Bertz CT molecular complexity index is 827. The number of urea groups is 2. The monoisotopic (exact) mass is 446 g/mol. The summed E-state index contributed by atoms with van der Waals surface area (Å²) in [5.41, 5.74) is 0.882. The van der Waals surface area contributed by atoms with Crippen LogP contribution in [0.15, 0.2) is 30.3 Å². The van der Waals surface area contributed by atoms with Gasteiger partial charge in [0.2, 0.25) is 0 Å². The molecule has 2 aliphatic heterocycles. The van der Waals surface area contributed by atoms with Crippen LogP contribution in [-0.4, -0.2) is 102 Å². The zero-order valence-corrected chi connectivity index (χ0v) is 18.2. The highest BCUT2D eigenvalue weighted by Crippen LogP contribution is 2.19. The number of ketones is 1. The lowest BCUT2D eigenvalue weighted by molar-refractivity contribution is -0.141. The number of carboxylic acids is 1. The number of aliphatic carboxylic acids is 1. The van der Waals surface area contributed by atoms with Crippen LogP contribution in [0.4, 0.5) is 9.59 Å². The third kappa shape index (κ3) is 5.97. The van der Waals surface area contributed by atoms with Crippen molar-refractivity contribution in [3.05, 3.63) is 35.9 Å². The predicted octanol–water partition coefficient (Wildman–Crippen LogP) is 0.809. The molecule has 4 amide bonds. The van der Waals surface area contributed by atoms with Crippen molar-refractivity contribution in [1.29, 1.82) is 0 Å². The van der Waals surface area contributed by atoms with Gasteiger partial charge in [0.15, 0.2) is 5.78 Å². The van der Waals surface area contributed by atoms with Crippen molar-refractivity contribution in [2.75, 3.05) is 46.4 Å². The molecule has 2 N–H and O–H groups in total. The van der Waals surface area contributed by atoms with Gasteiger partial charge in [-0.1, -0.05) is 30.3 Å². The first-order valence-corrected chi connectivity index (χ1v) is 10.8. The normalized spacial score (nSPS) is 19.3. The SMILES string of the molecule is CN(CC(=O)[C@H](Cc1ccccc1)NC(=O)N1CCOCC1)C(=O)N1CCC[C@H]1C(=O)O. The molecule has 32 heavy (non-hydrogen) atoms. The van der Waals surface area contributed by atoms with E-state index in [-0.39, 0.29) is 18.4 Å². The number of likely N-dealkylation sites (tertiary alicyclic amines) is 1. The number of nitrogens with one attached hydrogen (secondary N) is 1. The average Bonchev–Trinajstić information content (AvgIpc) is 3.29. The molecule has 0 aliphatic carbocycles. The lowest BCUT2D eigenvalue weighted by atomic mass is 10.0. The maximum atomic E-state index is 13.1. The molecule has 3 rings (SSSR count). The van der Waals surface area contributed by atoms with Crippen LogP contribution in [0.25, 0.3) is 0 Å². The first-order valence-electron chi connectivity index (χ1n) is 10.8. The largest absolute Gasteiger partial charge is 0.480 e. The van der Waals surface area contributed by atoms with E-state index in [0.717, 1.165) is 5.56 Å². The van der Waals surface area contributed by atoms with Gasteiger partial charge < -0.3 is 29.9 Å². The van der Waals surface area contributed by atoms with Crippen LogP contribution in [0.5, 0.6) is 0 Å². The predicted molar refractivity (Wildman–Crippen MR) is 115 cm³/mol. The Kier molecular flexibility index (Phi) is 8.04. The van der Waals surface area contributed by atoms with Gasteiger partial charge in [-0.15, -0.1) is 0 Å². The quantitative estimate of drug-likeness (QED) is 0.640. The van der Waals surface area contributed by atoms with Crippen molar-refractivity contribution < 1.29 is 29.0 Å². The lowest BCUT2D eigenvalue weighted by Gasteiger charge is -2.30. The van der Waals surface area contributed by atoms with Crippen LogP contribution in [0, 0.1) is 0 Å². The van der Waals surface area contributed by atoms with E-state index >= 15 is 0 Å². The van der Waals surface area contributed by atoms with Gasteiger partial charge >= 0.3 is 18.0 Å². The molecule has 1 aromatic carbocycles. The Morgan fingerprint density at radius 1 is 1.16 bits per heavy atom. The second kappa shape index (κ2) is 10.9. The topological polar surface area (TPSA) is 119 Å². The molecule has 0 aromatic heterocycles. The van der Waals surface area contributed by atoms with Gasteiger partial charge in [0, 0.05) is 26.7 Å². The fourth-order valence-corrected chi connectivity index (χ4v) is 3.99. The summed E-state index contributed by atoms with van der Waals surface area (Å²) in [4.78, 5) is 54.1. The van der Waals surface area contributed by atoms with Crippen LogP contribution in [-0.2, 0) is 20.7 Å². The summed E-state index contributed by atoms with van der Waals surface area (Å²) in [6.07, 6.45) is 1.30. The summed E-state index contributed by atoms with van der Waals surface area (Å²) in [5, 5.41) is 12.1. The number of Topliss-reactive ketones (excluding diaryl/α,β-unsaturated/α-hetero) is 1. The number of hydrogen-bond donors (Lipinski definition) is 2. The summed E-state index contributed by atoms with van der Waals surface area (Å²) in [7, 11) is 1.47. The Labute approximate surface area is 187 Å². The van der Waals surface area contributed by atoms with E-state index in [0.29, 0.717) is 52.1 Å². The summed E-state index contributed by atoms with van der Waals surface area (Å²) >= 11 is 0. The number of carbonyl (C=O) groups excluding carboxylic acids is 3. The zero-order valence-electron chi connectivity index (χ0n) is 18.2. The second-order valence-electron chi connectivity index (χ2n) is 8.09. The maximum Gasteiger partial charge on any atom is 0.326 e. The Morgan fingerprint density at radius 2 is 1.84 bits per heavy atom. The van der Waals surface area contributed by atoms with Gasteiger partial charge in [-0.2, -0.15) is 0 Å². The smallest absolute Gasteiger partial charge is 0.326 e.